The molecule has 0 radical (unpaired) electrons. The van der Waals surface area contributed by atoms with Gasteiger partial charge >= 0.3 is 0 Å². The predicted molar refractivity (Wildman–Crippen MR) is 134 cm³/mol. The van der Waals surface area contributed by atoms with Gasteiger partial charge in [-0.2, -0.15) is 0 Å². The number of carbonyl (C=O) groups excluding carboxylic acids is 1. The SMILES string of the molecule is CC(C)CCNC(=O)c1ccc(-c2csc(Nc3cc(S(N)(=O)=O)ccc3OC(C)C)n2)cn1. The first-order chi connectivity index (χ1) is 16.0. The Balaban J connectivity index is 1.76. The topological polar surface area (TPSA) is 136 Å². The fourth-order valence-corrected chi connectivity index (χ4v) is 4.24. The molecule has 0 aliphatic carbocycles. The summed E-state index contributed by atoms with van der Waals surface area (Å²) >= 11 is 1.34. The van der Waals surface area contributed by atoms with Crippen molar-refractivity contribution in [1.29, 1.82) is 0 Å². The maximum atomic E-state index is 12.2. The molecule has 11 heteroatoms. The van der Waals surface area contributed by atoms with Gasteiger partial charge in [0.25, 0.3) is 5.91 Å². The minimum Gasteiger partial charge on any atom is -0.489 e. The molecule has 0 aliphatic rings. The van der Waals surface area contributed by atoms with Crippen LogP contribution in [0.5, 0.6) is 5.75 Å². The van der Waals surface area contributed by atoms with Crippen LogP contribution < -0.4 is 20.5 Å². The second-order valence-electron chi connectivity index (χ2n) is 8.40. The molecular weight excluding hydrogens is 474 g/mol. The van der Waals surface area contributed by atoms with Crippen molar-refractivity contribution in [3.05, 3.63) is 47.6 Å². The molecule has 0 bridgehead atoms. The van der Waals surface area contributed by atoms with E-state index >= 15 is 0 Å². The van der Waals surface area contributed by atoms with Gasteiger partial charge in [-0.25, -0.2) is 18.5 Å². The number of carbonyl (C=O) groups is 1. The molecule has 0 saturated carbocycles. The molecule has 1 aromatic carbocycles. The van der Waals surface area contributed by atoms with Crippen LogP contribution in [0.3, 0.4) is 0 Å². The number of aromatic nitrogens is 2. The Kier molecular flexibility index (Phi) is 8.24. The minimum absolute atomic E-state index is 0.0330. The van der Waals surface area contributed by atoms with E-state index in [0.29, 0.717) is 40.4 Å². The zero-order chi connectivity index (χ0) is 24.9. The summed E-state index contributed by atoms with van der Waals surface area (Å²) in [7, 11) is -3.88. The third-order valence-electron chi connectivity index (χ3n) is 4.69. The highest BCUT2D eigenvalue weighted by molar-refractivity contribution is 7.89. The number of amides is 1. The number of ether oxygens (including phenoxy) is 1. The van der Waals surface area contributed by atoms with Crippen LogP contribution in [0.25, 0.3) is 11.3 Å². The smallest absolute Gasteiger partial charge is 0.269 e. The maximum Gasteiger partial charge on any atom is 0.269 e. The molecule has 0 fully saturated rings. The van der Waals surface area contributed by atoms with Gasteiger partial charge in [0.15, 0.2) is 5.13 Å². The highest BCUT2D eigenvalue weighted by Crippen LogP contribution is 2.33. The normalized spacial score (nSPS) is 11.6. The number of nitrogens with zero attached hydrogens (tertiary/aromatic N) is 2. The fraction of sp³-hybridized carbons (Fsp3) is 0.348. The molecular formula is C23H29N5O4S2. The van der Waals surface area contributed by atoms with Crippen molar-refractivity contribution in [3.8, 4) is 17.0 Å². The maximum absolute atomic E-state index is 12.2. The van der Waals surface area contributed by atoms with E-state index in [4.69, 9.17) is 9.88 Å². The third kappa shape index (κ3) is 6.99. The number of thiazole rings is 1. The van der Waals surface area contributed by atoms with E-state index in [9.17, 15) is 13.2 Å². The Morgan fingerprint density at radius 1 is 1.18 bits per heavy atom. The first kappa shape index (κ1) is 25.6. The monoisotopic (exact) mass is 503 g/mol. The summed E-state index contributed by atoms with van der Waals surface area (Å²) in [6.07, 6.45) is 2.40. The first-order valence-corrected chi connectivity index (χ1v) is 13.3. The number of hydrogen-bond donors (Lipinski definition) is 3. The second-order valence-corrected chi connectivity index (χ2v) is 10.8. The number of rotatable bonds is 10. The molecule has 0 saturated heterocycles. The van der Waals surface area contributed by atoms with Crippen molar-refractivity contribution in [2.45, 2.75) is 45.1 Å². The summed E-state index contributed by atoms with van der Waals surface area (Å²) in [6.45, 7) is 8.56. The van der Waals surface area contributed by atoms with Gasteiger partial charge < -0.3 is 15.4 Å². The van der Waals surface area contributed by atoms with Gasteiger partial charge in [-0.05, 0) is 56.5 Å². The lowest BCUT2D eigenvalue weighted by Crippen LogP contribution is -2.26. The number of sulfonamides is 1. The van der Waals surface area contributed by atoms with Crippen molar-refractivity contribution < 1.29 is 17.9 Å². The van der Waals surface area contributed by atoms with Crippen molar-refractivity contribution in [2.24, 2.45) is 11.1 Å². The van der Waals surface area contributed by atoms with E-state index in [2.05, 4.69) is 34.4 Å². The Hall–Kier alpha value is -3.02. The van der Waals surface area contributed by atoms with Crippen molar-refractivity contribution in [2.75, 3.05) is 11.9 Å². The van der Waals surface area contributed by atoms with Gasteiger partial charge in [0.2, 0.25) is 10.0 Å². The molecule has 9 nitrogen and oxygen atoms in total. The summed E-state index contributed by atoms with van der Waals surface area (Å²) in [5.74, 6) is 0.784. The van der Waals surface area contributed by atoms with Gasteiger partial charge in [0.05, 0.1) is 22.4 Å². The number of benzene rings is 1. The number of pyridine rings is 1. The zero-order valence-electron chi connectivity index (χ0n) is 19.5. The molecule has 3 aromatic rings. The van der Waals surface area contributed by atoms with Crippen molar-refractivity contribution >= 4 is 38.1 Å². The molecule has 0 atom stereocenters. The lowest BCUT2D eigenvalue weighted by Gasteiger charge is -2.15. The van der Waals surface area contributed by atoms with Gasteiger partial charge in [0, 0.05) is 23.7 Å². The number of anilines is 2. The van der Waals surface area contributed by atoms with Crippen molar-refractivity contribution in [3.63, 3.8) is 0 Å². The summed E-state index contributed by atoms with van der Waals surface area (Å²) in [5.41, 5.74) is 2.20. The molecule has 3 rings (SSSR count). The molecule has 34 heavy (non-hydrogen) atoms. The van der Waals surface area contributed by atoms with E-state index in [1.165, 1.54) is 23.5 Å². The first-order valence-electron chi connectivity index (χ1n) is 10.8. The summed E-state index contributed by atoms with van der Waals surface area (Å²) in [4.78, 5) is 21.0. The molecule has 0 spiro atoms. The predicted octanol–water partition coefficient (Wildman–Crippen LogP) is 4.16. The molecule has 2 aromatic heterocycles. The van der Waals surface area contributed by atoms with Crippen LogP contribution in [0.15, 0.2) is 46.8 Å². The number of nitrogens with two attached hydrogens (primary N) is 1. The van der Waals surface area contributed by atoms with E-state index in [1.54, 1.807) is 24.4 Å². The summed E-state index contributed by atoms with van der Waals surface area (Å²) < 4.78 is 29.4. The largest absolute Gasteiger partial charge is 0.489 e. The molecule has 0 unspecified atom stereocenters. The lowest BCUT2D eigenvalue weighted by atomic mass is 10.1. The Bertz CT molecular complexity index is 1240. The molecule has 0 aliphatic heterocycles. The summed E-state index contributed by atoms with van der Waals surface area (Å²) in [5, 5.41) is 13.6. The Morgan fingerprint density at radius 3 is 2.56 bits per heavy atom. The standard InChI is InChI=1S/C23H29N5O4S2/c1-14(2)9-10-25-22(29)18-7-5-16(12-26-18)20-13-33-23(28-20)27-19-11-17(34(24,30)31)6-8-21(19)32-15(3)4/h5-8,11-15H,9-10H2,1-4H3,(H,25,29)(H,27,28)(H2,24,30,31). The van der Waals surface area contributed by atoms with Crippen LogP contribution in [0.2, 0.25) is 0 Å². The highest BCUT2D eigenvalue weighted by atomic mass is 32.2. The van der Waals surface area contributed by atoms with Gasteiger partial charge in [-0.15, -0.1) is 11.3 Å². The molecule has 4 N–H and O–H groups in total. The van der Waals surface area contributed by atoms with Crippen LogP contribution in [0.4, 0.5) is 10.8 Å². The number of nitrogens with one attached hydrogen (secondary N) is 2. The van der Waals surface area contributed by atoms with E-state index in [-0.39, 0.29) is 16.9 Å². The second kappa shape index (κ2) is 10.9. The van der Waals surface area contributed by atoms with Crippen LogP contribution in [0, 0.1) is 5.92 Å². The fourth-order valence-electron chi connectivity index (χ4n) is 2.96. The van der Waals surface area contributed by atoms with Gasteiger partial charge in [-0.1, -0.05) is 13.8 Å². The van der Waals surface area contributed by atoms with E-state index < -0.39 is 10.0 Å². The number of hydrogen-bond acceptors (Lipinski definition) is 8. The Labute approximate surface area is 203 Å². The van der Waals surface area contributed by atoms with Crippen molar-refractivity contribution in [1.82, 2.24) is 15.3 Å². The van der Waals surface area contributed by atoms with Crippen LogP contribution >= 0.6 is 11.3 Å². The van der Waals surface area contributed by atoms with E-state index in [0.717, 1.165) is 12.0 Å². The zero-order valence-corrected chi connectivity index (χ0v) is 21.2. The summed E-state index contributed by atoms with van der Waals surface area (Å²) in [6, 6.07) is 7.83. The number of primary sulfonamides is 1. The highest BCUT2D eigenvalue weighted by Gasteiger charge is 2.15. The van der Waals surface area contributed by atoms with Gasteiger partial charge in [0.1, 0.15) is 11.4 Å². The lowest BCUT2D eigenvalue weighted by molar-refractivity contribution is 0.0947. The molecule has 2 heterocycles. The molecule has 182 valence electrons. The van der Waals surface area contributed by atoms with Gasteiger partial charge in [-0.3, -0.25) is 9.78 Å². The average Bonchev–Trinajstić information content (AvgIpc) is 3.22. The average molecular weight is 504 g/mol. The quantitative estimate of drug-likeness (QED) is 0.378. The Morgan fingerprint density at radius 2 is 1.94 bits per heavy atom. The third-order valence-corrected chi connectivity index (χ3v) is 6.36. The van der Waals surface area contributed by atoms with Crippen LogP contribution in [0.1, 0.15) is 44.6 Å². The minimum atomic E-state index is -3.88. The molecule has 1 amide bonds. The van der Waals surface area contributed by atoms with Crippen LogP contribution in [-0.2, 0) is 10.0 Å². The van der Waals surface area contributed by atoms with Crippen LogP contribution in [-0.4, -0.2) is 36.9 Å². The van der Waals surface area contributed by atoms with E-state index in [1.807, 2.05) is 19.2 Å².